The van der Waals surface area contributed by atoms with Gasteiger partial charge in [-0.05, 0) is 19.1 Å². The molecule has 4 N–H and O–H groups in total. The van der Waals surface area contributed by atoms with Gasteiger partial charge in [0.25, 0.3) is 0 Å². The highest BCUT2D eigenvalue weighted by Gasteiger charge is 2.23. The zero-order chi connectivity index (χ0) is 26.8. The number of carbonyl (C=O) groups excluding carboxylic acids is 1. The zero-order valence-corrected chi connectivity index (χ0v) is 19.3. The summed E-state index contributed by atoms with van der Waals surface area (Å²) in [6.07, 6.45) is 4.51. The first-order chi connectivity index (χ1) is 16.5. The number of esters is 1. The lowest BCUT2D eigenvalue weighted by molar-refractivity contribution is -0.142. The number of methoxy groups -OCH3 is 1. The molecule has 1 aliphatic rings. The number of carbonyl (C=O) groups is 5. The Morgan fingerprint density at radius 2 is 1.34 bits per heavy atom. The molecule has 2 heterocycles. The topological polar surface area (TPSA) is 195 Å². The molecule has 2 rings (SSSR count). The number of aliphatic carboxylic acids is 4. The molecular weight excluding hydrogens is 466 g/mol. The van der Waals surface area contributed by atoms with Crippen molar-refractivity contribution >= 4 is 35.7 Å². The van der Waals surface area contributed by atoms with Gasteiger partial charge in [-0.1, -0.05) is 6.07 Å². The highest BCUT2D eigenvalue weighted by atomic mass is 16.5. The van der Waals surface area contributed by atoms with Crippen molar-refractivity contribution < 1.29 is 49.1 Å². The minimum absolute atomic E-state index is 0.139. The molecule has 0 aliphatic carbocycles. The SMILES string of the molecule is COC(=O)CC(C)N1CCN(c2ccccn2)CC1.O=C(O)/C=C\C(=O)O.O=C(O)/C=C\C(=O)O. The van der Waals surface area contributed by atoms with Crippen molar-refractivity contribution in [1.82, 2.24) is 9.88 Å². The predicted molar refractivity (Wildman–Crippen MR) is 123 cm³/mol. The summed E-state index contributed by atoms with van der Waals surface area (Å²) in [5, 5.41) is 31.2. The van der Waals surface area contributed by atoms with Crippen LogP contribution in [-0.4, -0.2) is 99.5 Å². The molecule has 0 amide bonds. The average molecular weight is 495 g/mol. The minimum Gasteiger partial charge on any atom is -0.478 e. The third-order valence-electron chi connectivity index (χ3n) is 4.34. The van der Waals surface area contributed by atoms with Crippen molar-refractivity contribution in [1.29, 1.82) is 0 Å². The molecule has 192 valence electrons. The molecule has 0 radical (unpaired) electrons. The van der Waals surface area contributed by atoms with Gasteiger partial charge in [0, 0.05) is 62.7 Å². The van der Waals surface area contributed by atoms with Gasteiger partial charge in [0.05, 0.1) is 13.5 Å². The van der Waals surface area contributed by atoms with E-state index in [9.17, 15) is 24.0 Å². The summed E-state index contributed by atoms with van der Waals surface area (Å²) in [6.45, 7) is 5.88. The number of nitrogens with zero attached hydrogens (tertiary/aromatic N) is 3. The Bertz CT molecular complexity index is 828. The van der Waals surface area contributed by atoms with E-state index < -0.39 is 23.9 Å². The maximum Gasteiger partial charge on any atom is 0.328 e. The third kappa shape index (κ3) is 16.1. The highest BCUT2D eigenvalue weighted by molar-refractivity contribution is 5.90. The molecular formula is C22H29N3O10. The van der Waals surface area contributed by atoms with Crippen molar-refractivity contribution in [2.75, 3.05) is 38.2 Å². The van der Waals surface area contributed by atoms with E-state index >= 15 is 0 Å². The molecule has 1 saturated heterocycles. The number of aromatic nitrogens is 1. The Kier molecular flexibility index (Phi) is 15.1. The summed E-state index contributed by atoms with van der Waals surface area (Å²) in [4.78, 5) is 58.5. The Morgan fingerprint density at radius 3 is 1.69 bits per heavy atom. The second-order valence-electron chi connectivity index (χ2n) is 6.86. The smallest absolute Gasteiger partial charge is 0.328 e. The Morgan fingerprint density at radius 1 is 0.886 bits per heavy atom. The number of hydrogen-bond donors (Lipinski definition) is 4. The number of anilines is 1. The van der Waals surface area contributed by atoms with E-state index in [1.165, 1.54) is 7.11 Å². The average Bonchev–Trinajstić information content (AvgIpc) is 2.82. The van der Waals surface area contributed by atoms with E-state index in [1.807, 2.05) is 24.4 Å². The number of rotatable bonds is 8. The molecule has 1 atom stereocenters. The van der Waals surface area contributed by atoms with Gasteiger partial charge in [-0.2, -0.15) is 0 Å². The normalized spacial score (nSPS) is 14.2. The van der Waals surface area contributed by atoms with Gasteiger partial charge in [0.2, 0.25) is 0 Å². The molecule has 1 unspecified atom stereocenters. The molecule has 1 aromatic heterocycles. The molecule has 0 aromatic carbocycles. The summed E-state index contributed by atoms with van der Waals surface area (Å²) < 4.78 is 4.72. The summed E-state index contributed by atoms with van der Waals surface area (Å²) in [5.74, 6) is -4.14. The lowest BCUT2D eigenvalue weighted by Crippen LogP contribution is -2.50. The predicted octanol–water partition coefficient (Wildman–Crippen LogP) is 0.579. The molecule has 0 bridgehead atoms. The molecule has 0 spiro atoms. The van der Waals surface area contributed by atoms with Crippen LogP contribution in [0.1, 0.15) is 13.3 Å². The second-order valence-corrected chi connectivity index (χ2v) is 6.86. The summed E-state index contributed by atoms with van der Waals surface area (Å²) in [7, 11) is 1.44. The van der Waals surface area contributed by atoms with E-state index in [2.05, 4.69) is 21.7 Å². The maximum atomic E-state index is 11.3. The van der Waals surface area contributed by atoms with Crippen LogP contribution in [0.25, 0.3) is 0 Å². The zero-order valence-electron chi connectivity index (χ0n) is 19.3. The first kappa shape index (κ1) is 30.7. The van der Waals surface area contributed by atoms with Gasteiger partial charge in [0.1, 0.15) is 5.82 Å². The molecule has 13 heteroatoms. The number of piperazine rings is 1. The summed E-state index contributed by atoms with van der Waals surface area (Å²) in [6, 6.07) is 6.21. The van der Waals surface area contributed by atoms with Crippen molar-refractivity contribution in [3.63, 3.8) is 0 Å². The summed E-state index contributed by atoms with van der Waals surface area (Å²) >= 11 is 0. The number of carboxylic acids is 4. The van der Waals surface area contributed by atoms with E-state index in [-0.39, 0.29) is 12.0 Å². The number of carboxylic acid groups (broad SMARTS) is 4. The molecule has 0 saturated carbocycles. The standard InChI is InChI=1S/C14H21N3O2.2C4H4O4/c1-12(11-14(18)19-2)16-7-9-17(10-8-16)13-5-3-4-6-15-13;2*5-3(6)1-2-4(7)8/h3-6,12H,7-11H2,1-2H3;2*1-2H,(H,5,6)(H,7,8)/b;2*2-1-. The van der Waals surface area contributed by atoms with Crippen molar-refractivity contribution in [3.8, 4) is 0 Å². The van der Waals surface area contributed by atoms with Crippen LogP contribution in [0.4, 0.5) is 5.82 Å². The Hall–Kier alpha value is -4.26. The highest BCUT2D eigenvalue weighted by Crippen LogP contribution is 2.15. The third-order valence-corrected chi connectivity index (χ3v) is 4.34. The van der Waals surface area contributed by atoms with Crippen molar-refractivity contribution in [2.45, 2.75) is 19.4 Å². The lowest BCUT2D eigenvalue weighted by Gasteiger charge is -2.38. The number of pyridine rings is 1. The van der Waals surface area contributed by atoms with Gasteiger partial charge in [-0.25, -0.2) is 24.2 Å². The van der Waals surface area contributed by atoms with E-state index in [1.54, 1.807) is 0 Å². The van der Waals surface area contributed by atoms with Crippen LogP contribution in [0.3, 0.4) is 0 Å². The fraction of sp³-hybridized carbons (Fsp3) is 0.364. The second kappa shape index (κ2) is 17.2. The van der Waals surface area contributed by atoms with Crippen molar-refractivity contribution in [3.05, 3.63) is 48.7 Å². The molecule has 13 nitrogen and oxygen atoms in total. The Labute approximate surface area is 201 Å². The van der Waals surface area contributed by atoms with Crippen LogP contribution in [0.2, 0.25) is 0 Å². The van der Waals surface area contributed by atoms with Gasteiger partial charge >= 0.3 is 29.8 Å². The first-order valence-corrected chi connectivity index (χ1v) is 10.2. The molecule has 1 aliphatic heterocycles. The number of hydrogen-bond acceptors (Lipinski definition) is 9. The molecule has 1 fully saturated rings. The number of ether oxygens (including phenoxy) is 1. The minimum atomic E-state index is -1.26. The van der Waals surface area contributed by atoms with Gasteiger partial charge < -0.3 is 30.1 Å². The van der Waals surface area contributed by atoms with Crippen LogP contribution < -0.4 is 4.90 Å². The quantitative estimate of drug-likeness (QED) is 0.289. The lowest BCUT2D eigenvalue weighted by atomic mass is 10.1. The van der Waals surface area contributed by atoms with E-state index in [0.717, 1.165) is 32.0 Å². The fourth-order valence-electron chi connectivity index (χ4n) is 2.67. The van der Waals surface area contributed by atoms with Crippen LogP contribution in [0.5, 0.6) is 0 Å². The molecule has 35 heavy (non-hydrogen) atoms. The van der Waals surface area contributed by atoms with Gasteiger partial charge in [0.15, 0.2) is 0 Å². The van der Waals surface area contributed by atoms with Crippen LogP contribution in [0.15, 0.2) is 48.7 Å². The van der Waals surface area contributed by atoms with E-state index in [4.69, 9.17) is 25.2 Å². The van der Waals surface area contributed by atoms with Crippen LogP contribution in [-0.2, 0) is 28.7 Å². The van der Waals surface area contributed by atoms with Crippen LogP contribution >= 0.6 is 0 Å². The van der Waals surface area contributed by atoms with Crippen LogP contribution in [0, 0.1) is 0 Å². The van der Waals surface area contributed by atoms with E-state index in [0.29, 0.717) is 30.7 Å². The van der Waals surface area contributed by atoms with Gasteiger partial charge in [-0.3, -0.25) is 9.69 Å². The van der Waals surface area contributed by atoms with Gasteiger partial charge in [-0.15, -0.1) is 0 Å². The first-order valence-electron chi connectivity index (χ1n) is 10.2. The molecule has 1 aromatic rings. The fourth-order valence-corrected chi connectivity index (χ4v) is 2.67. The van der Waals surface area contributed by atoms with Crippen molar-refractivity contribution in [2.24, 2.45) is 0 Å². The largest absolute Gasteiger partial charge is 0.478 e. The Balaban J connectivity index is 0.000000601. The summed E-state index contributed by atoms with van der Waals surface area (Å²) in [5.41, 5.74) is 0. The maximum absolute atomic E-state index is 11.3. The monoisotopic (exact) mass is 495 g/mol.